The van der Waals surface area contributed by atoms with Crippen molar-refractivity contribution in [3.63, 3.8) is 0 Å². The van der Waals surface area contributed by atoms with Crippen molar-refractivity contribution < 1.29 is 12.8 Å². The summed E-state index contributed by atoms with van der Waals surface area (Å²) in [6, 6.07) is 2.72. The number of hydrogen-bond donors (Lipinski definition) is 2. The molecule has 2 N–H and O–H groups in total. The number of aryl methyl sites for hydroxylation is 1. The Bertz CT molecular complexity index is 696. The van der Waals surface area contributed by atoms with Crippen molar-refractivity contribution in [3.8, 4) is 0 Å². The van der Waals surface area contributed by atoms with Gasteiger partial charge in [0.1, 0.15) is 5.76 Å². The van der Waals surface area contributed by atoms with Crippen LogP contribution >= 0.6 is 0 Å². The lowest BCUT2D eigenvalue weighted by molar-refractivity contribution is 0.427. The Labute approximate surface area is 117 Å². The number of anilines is 1. The predicted octanol–water partition coefficient (Wildman–Crippen LogP) is 1.46. The minimum absolute atomic E-state index is 0.0578. The molecule has 0 spiro atoms. The first-order valence-corrected chi connectivity index (χ1v) is 7.50. The lowest BCUT2D eigenvalue weighted by Crippen LogP contribution is -2.28. The molecular formula is C12H16N4O3S. The number of pyridine rings is 1. The van der Waals surface area contributed by atoms with Gasteiger partial charge in [-0.2, -0.15) is 4.72 Å². The van der Waals surface area contributed by atoms with Crippen molar-refractivity contribution in [3.05, 3.63) is 36.2 Å². The Balaban J connectivity index is 2.27. The lowest BCUT2D eigenvalue weighted by atomic mass is 10.4. The van der Waals surface area contributed by atoms with Crippen LogP contribution < -0.4 is 10.0 Å². The van der Waals surface area contributed by atoms with E-state index in [1.807, 2.05) is 0 Å². The Morgan fingerprint density at radius 2 is 2.10 bits per heavy atom. The zero-order chi connectivity index (χ0) is 14.8. The second-order valence-corrected chi connectivity index (χ2v) is 5.89. The van der Waals surface area contributed by atoms with Gasteiger partial charge in [0.25, 0.3) is 10.0 Å². The van der Waals surface area contributed by atoms with E-state index in [0.29, 0.717) is 17.3 Å². The molecule has 2 aromatic heterocycles. The molecule has 0 bridgehead atoms. The highest BCUT2D eigenvalue weighted by atomic mass is 32.2. The van der Waals surface area contributed by atoms with Crippen LogP contribution in [0.3, 0.4) is 0 Å². The topological polar surface area (TPSA) is 97.1 Å². The van der Waals surface area contributed by atoms with Crippen LogP contribution in [-0.4, -0.2) is 25.4 Å². The van der Waals surface area contributed by atoms with Crippen LogP contribution in [0.4, 0.5) is 5.69 Å². The molecule has 20 heavy (non-hydrogen) atoms. The molecule has 0 saturated carbocycles. The first-order chi connectivity index (χ1) is 9.44. The average molecular weight is 296 g/mol. The minimum Gasteiger partial charge on any atom is -0.444 e. The summed E-state index contributed by atoms with van der Waals surface area (Å²) in [6.07, 6.45) is 2.97. The number of hydrogen-bond acceptors (Lipinski definition) is 6. The molecule has 1 atom stereocenters. The normalized spacial score (nSPS) is 13.2. The van der Waals surface area contributed by atoms with E-state index in [0.717, 1.165) is 0 Å². The molecule has 2 rings (SSSR count). The Morgan fingerprint density at radius 3 is 2.70 bits per heavy atom. The molecule has 8 heteroatoms. The van der Waals surface area contributed by atoms with Crippen molar-refractivity contribution >= 4 is 15.7 Å². The smallest absolute Gasteiger partial charge is 0.260 e. The summed E-state index contributed by atoms with van der Waals surface area (Å²) >= 11 is 0. The van der Waals surface area contributed by atoms with Gasteiger partial charge in [0.2, 0.25) is 5.89 Å². The van der Waals surface area contributed by atoms with Gasteiger partial charge in [-0.3, -0.25) is 0 Å². The van der Waals surface area contributed by atoms with Crippen molar-refractivity contribution in [2.75, 3.05) is 12.4 Å². The van der Waals surface area contributed by atoms with E-state index in [1.165, 1.54) is 6.20 Å². The molecule has 7 nitrogen and oxygen atoms in total. The van der Waals surface area contributed by atoms with E-state index in [2.05, 4.69) is 20.0 Å². The Kier molecular flexibility index (Phi) is 4.05. The maximum atomic E-state index is 12.3. The fourth-order valence-corrected chi connectivity index (χ4v) is 3.04. The lowest BCUT2D eigenvalue weighted by Gasteiger charge is -2.13. The molecule has 0 amide bonds. The zero-order valence-electron chi connectivity index (χ0n) is 11.4. The van der Waals surface area contributed by atoms with Crippen LogP contribution in [0, 0.1) is 6.92 Å². The number of nitrogens with zero attached hydrogens (tertiary/aromatic N) is 2. The fourth-order valence-electron chi connectivity index (χ4n) is 1.71. The molecule has 1 unspecified atom stereocenters. The van der Waals surface area contributed by atoms with Gasteiger partial charge in [0, 0.05) is 13.2 Å². The van der Waals surface area contributed by atoms with E-state index < -0.39 is 16.1 Å². The van der Waals surface area contributed by atoms with Gasteiger partial charge >= 0.3 is 0 Å². The van der Waals surface area contributed by atoms with Crippen LogP contribution in [-0.2, 0) is 10.0 Å². The molecule has 0 aliphatic rings. The number of oxazole rings is 1. The predicted molar refractivity (Wildman–Crippen MR) is 73.8 cm³/mol. The molecule has 2 heterocycles. The summed E-state index contributed by atoms with van der Waals surface area (Å²) in [7, 11) is -2.13. The van der Waals surface area contributed by atoms with E-state index in [9.17, 15) is 8.42 Å². The second-order valence-electron chi connectivity index (χ2n) is 4.26. The summed E-state index contributed by atoms with van der Waals surface area (Å²) in [5.74, 6) is 0.938. The molecule has 0 radical (unpaired) electrons. The van der Waals surface area contributed by atoms with Gasteiger partial charge in [-0.05, 0) is 26.0 Å². The summed E-state index contributed by atoms with van der Waals surface area (Å²) in [5.41, 5.74) is 0.427. The largest absolute Gasteiger partial charge is 0.444 e. The van der Waals surface area contributed by atoms with Crippen LogP contribution in [0.1, 0.15) is 24.6 Å². The summed E-state index contributed by atoms with van der Waals surface area (Å²) in [5, 5.41) is 2.74. The van der Waals surface area contributed by atoms with Crippen molar-refractivity contribution in [2.45, 2.75) is 24.9 Å². The highest BCUT2D eigenvalue weighted by Crippen LogP contribution is 2.20. The van der Waals surface area contributed by atoms with Gasteiger partial charge in [-0.15, -0.1) is 0 Å². The average Bonchev–Trinajstić information content (AvgIpc) is 2.85. The molecular weight excluding hydrogens is 280 g/mol. The van der Waals surface area contributed by atoms with Gasteiger partial charge < -0.3 is 9.73 Å². The maximum Gasteiger partial charge on any atom is 0.260 e. The van der Waals surface area contributed by atoms with E-state index in [1.54, 1.807) is 39.2 Å². The summed E-state index contributed by atoms with van der Waals surface area (Å²) in [4.78, 5) is 7.92. The second kappa shape index (κ2) is 5.59. The van der Waals surface area contributed by atoms with Crippen molar-refractivity contribution in [1.82, 2.24) is 14.7 Å². The van der Waals surface area contributed by atoms with Crippen LogP contribution in [0.5, 0.6) is 0 Å². The van der Waals surface area contributed by atoms with Crippen LogP contribution in [0.15, 0.2) is 34.0 Å². The zero-order valence-corrected chi connectivity index (χ0v) is 12.2. The molecule has 0 aliphatic carbocycles. The summed E-state index contributed by atoms with van der Waals surface area (Å²) in [6.45, 7) is 3.40. The van der Waals surface area contributed by atoms with Crippen molar-refractivity contribution in [2.24, 2.45) is 0 Å². The van der Waals surface area contributed by atoms with E-state index in [4.69, 9.17) is 4.42 Å². The van der Waals surface area contributed by atoms with E-state index >= 15 is 0 Å². The number of nitrogens with one attached hydrogen (secondary N) is 2. The third-order valence-electron chi connectivity index (χ3n) is 2.64. The molecule has 0 aromatic carbocycles. The molecule has 2 aromatic rings. The van der Waals surface area contributed by atoms with Crippen molar-refractivity contribution in [1.29, 1.82) is 0 Å². The highest BCUT2D eigenvalue weighted by Gasteiger charge is 2.24. The number of aromatic nitrogens is 2. The highest BCUT2D eigenvalue weighted by molar-refractivity contribution is 7.89. The minimum atomic E-state index is -3.76. The molecule has 0 saturated heterocycles. The monoisotopic (exact) mass is 296 g/mol. The SMILES string of the molecule is CNc1cccnc1S(=O)(=O)NC(C)c1ncc(C)o1. The quantitative estimate of drug-likeness (QED) is 0.867. The van der Waals surface area contributed by atoms with Crippen LogP contribution in [0.25, 0.3) is 0 Å². The van der Waals surface area contributed by atoms with Crippen LogP contribution in [0.2, 0.25) is 0 Å². The molecule has 0 fully saturated rings. The van der Waals surface area contributed by atoms with Gasteiger partial charge in [0.05, 0.1) is 17.9 Å². The molecule has 108 valence electrons. The summed E-state index contributed by atoms with van der Waals surface area (Å²) < 4.78 is 32.4. The number of rotatable bonds is 5. The standard InChI is InChI=1S/C12H16N4O3S/c1-8-7-15-11(19-8)9(2)16-20(17,18)12-10(13-3)5-4-6-14-12/h4-7,9,13,16H,1-3H3. The third-order valence-corrected chi connectivity index (χ3v) is 4.13. The maximum absolute atomic E-state index is 12.3. The van der Waals surface area contributed by atoms with E-state index in [-0.39, 0.29) is 5.03 Å². The van der Waals surface area contributed by atoms with Gasteiger partial charge in [-0.1, -0.05) is 0 Å². The Morgan fingerprint density at radius 1 is 1.35 bits per heavy atom. The fraction of sp³-hybridized carbons (Fsp3) is 0.333. The van der Waals surface area contributed by atoms with Gasteiger partial charge in [-0.25, -0.2) is 18.4 Å². The first kappa shape index (κ1) is 14.5. The Hall–Kier alpha value is -1.93. The third kappa shape index (κ3) is 2.97. The number of sulfonamides is 1. The molecule has 0 aliphatic heterocycles. The first-order valence-electron chi connectivity index (χ1n) is 6.01. The van der Waals surface area contributed by atoms with Gasteiger partial charge in [0.15, 0.2) is 5.03 Å².